The molecule has 0 aliphatic carbocycles. The summed E-state index contributed by atoms with van der Waals surface area (Å²) in [4.78, 5) is 15.2. The van der Waals surface area contributed by atoms with Crippen LogP contribution in [0.3, 0.4) is 0 Å². The predicted octanol–water partition coefficient (Wildman–Crippen LogP) is 11.1. The summed E-state index contributed by atoms with van der Waals surface area (Å²) in [7, 11) is 0. The maximum atomic E-state index is 8.70. The van der Waals surface area contributed by atoms with Crippen LogP contribution in [-0.4, -0.2) is 24.1 Å². The van der Waals surface area contributed by atoms with E-state index in [0.29, 0.717) is 23.2 Å². The normalized spacial score (nSPS) is 13.0. The molecule has 10 rings (SSSR count). The topological polar surface area (TPSA) is 48.5 Å². The van der Waals surface area contributed by atoms with E-state index in [1.807, 2.05) is 103 Å². The van der Waals surface area contributed by atoms with E-state index in [4.69, 9.17) is 21.8 Å². The molecular weight excluding hydrogens is 611 g/mol. The maximum Gasteiger partial charge on any atom is 0.238 e. The van der Waals surface area contributed by atoms with Crippen molar-refractivity contribution in [3.63, 3.8) is 0 Å². The van der Waals surface area contributed by atoms with Crippen molar-refractivity contribution in [1.82, 2.24) is 24.1 Å². The third-order valence-electron chi connectivity index (χ3n) is 9.25. The zero-order valence-corrected chi connectivity index (χ0v) is 26.6. The van der Waals surface area contributed by atoms with Crippen LogP contribution in [0.25, 0.3) is 89.2 Å². The van der Waals surface area contributed by atoms with Crippen LogP contribution in [0.5, 0.6) is 0 Å². The molecule has 234 valence electrons. The number of rotatable bonds is 5. The van der Waals surface area contributed by atoms with Gasteiger partial charge in [-0.1, -0.05) is 145 Å². The fraction of sp³-hybridized carbons (Fsp3) is 0. The molecule has 7 aromatic carbocycles. The summed E-state index contributed by atoms with van der Waals surface area (Å²) in [6.07, 6.45) is 0. The minimum Gasteiger partial charge on any atom is -0.309 e. The van der Waals surface area contributed by atoms with E-state index in [1.54, 1.807) is 6.07 Å². The van der Waals surface area contributed by atoms with Crippen LogP contribution >= 0.6 is 0 Å². The van der Waals surface area contributed by atoms with Gasteiger partial charge in [0.15, 0.2) is 11.6 Å². The van der Waals surface area contributed by atoms with Crippen molar-refractivity contribution in [2.24, 2.45) is 0 Å². The molecule has 0 saturated heterocycles. The summed E-state index contributed by atoms with van der Waals surface area (Å²) >= 11 is 0. The Hall–Kier alpha value is -6.85. The van der Waals surface area contributed by atoms with E-state index < -0.39 is 6.04 Å². The Morgan fingerprint density at radius 2 is 1.02 bits per heavy atom. The fourth-order valence-electron chi connectivity index (χ4n) is 7.08. The molecule has 0 N–H and O–H groups in total. The Labute approximate surface area is 295 Å². The quantitative estimate of drug-likeness (QED) is 0.187. The third kappa shape index (κ3) is 4.45. The smallest absolute Gasteiger partial charge is 0.238 e. The molecule has 5 nitrogen and oxygen atoms in total. The van der Waals surface area contributed by atoms with E-state index in [0.717, 1.165) is 60.4 Å². The Morgan fingerprint density at radius 1 is 0.420 bits per heavy atom. The first kappa shape index (κ1) is 23.5. The van der Waals surface area contributed by atoms with Crippen molar-refractivity contribution in [2.75, 3.05) is 0 Å². The monoisotopic (exact) mass is 644 g/mol. The molecule has 0 fully saturated rings. The van der Waals surface area contributed by atoms with Crippen LogP contribution < -0.4 is 0 Å². The SMILES string of the molecule is [2H]c1c([2H])c([2H])c(-c2cccc(-n3c4ccccc4c4ccc5c(c6ccccc6n5-c5nc(-c6ccccc6)nc(-c6ccccc6)n5)c43)c2)c([2H])c1[2H]. The summed E-state index contributed by atoms with van der Waals surface area (Å²) in [5.41, 5.74) is 7.01. The van der Waals surface area contributed by atoms with Gasteiger partial charge in [-0.05, 0) is 41.5 Å². The molecule has 0 saturated carbocycles. The molecule has 0 bridgehead atoms. The molecule has 0 unspecified atom stereocenters. The van der Waals surface area contributed by atoms with Gasteiger partial charge in [0.25, 0.3) is 0 Å². The minimum atomic E-state index is -0.416. The molecule has 0 spiro atoms. The molecule has 0 amide bonds. The average molecular weight is 645 g/mol. The maximum absolute atomic E-state index is 8.70. The molecule has 10 aromatic rings. The first-order chi connectivity index (χ1) is 26.9. The van der Waals surface area contributed by atoms with Crippen LogP contribution in [-0.2, 0) is 0 Å². The Bertz CT molecular complexity index is 3070. The lowest BCUT2D eigenvalue weighted by molar-refractivity contribution is 0.953. The second kappa shape index (κ2) is 11.4. The zero-order valence-electron chi connectivity index (χ0n) is 31.6. The first-order valence-electron chi connectivity index (χ1n) is 18.9. The molecule has 50 heavy (non-hydrogen) atoms. The molecule has 0 atom stereocenters. The van der Waals surface area contributed by atoms with E-state index in [1.165, 1.54) is 0 Å². The van der Waals surface area contributed by atoms with Gasteiger partial charge in [0.1, 0.15) is 0 Å². The lowest BCUT2D eigenvalue weighted by Crippen LogP contribution is -2.06. The molecule has 0 aliphatic heterocycles. The van der Waals surface area contributed by atoms with E-state index >= 15 is 0 Å². The molecule has 3 heterocycles. The minimum absolute atomic E-state index is 0.161. The van der Waals surface area contributed by atoms with Crippen LogP contribution in [0.15, 0.2) is 176 Å². The van der Waals surface area contributed by atoms with Gasteiger partial charge in [0.2, 0.25) is 5.95 Å². The van der Waals surface area contributed by atoms with Crippen LogP contribution in [0.1, 0.15) is 6.85 Å². The summed E-state index contributed by atoms with van der Waals surface area (Å²) in [5, 5.41) is 4.12. The van der Waals surface area contributed by atoms with Crippen molar-refractivity contribution in [3.05, 3.63) is 176 Å². The number of benzene rings is 7. The van der Waals surface area contributed by atoms with Crippen molar-refractivity contribution < 1.29 is 6.85 Å². The van der Waals surface area contributed by atoms with Crippen molar-refractivity contribution in [3.8, 4) is 45.5 Å². The highest BCUT2D eigenvalue weighted by molar-refractivity contribution is 6.26. The van der Waals surface area contributed by atoms with Crippen molar-refractivity contribution >= 4 is 43.6 Å². The van der Waals surface area contributed by atoms with Crippen LogP contribution in [0, 0.1) is 0 Å². The Kier molecular flexibility index (Phi) is 5.35. The molecule has 0 aliphatic rings. The summed E-state index contributed by atoms with van der Waals surface area (Å²) in [5.74, 6) is 1.62. The van der Waals surface area contributed by atoms with Gasteiger partial charge >= 0.3 is 0 Å². The highest BCUT2D eigenvalue weighted by Crippen LogP contribution is 2.42. The van der Waals surface area contributed by atoms with Gasteiger partial charge in [0.05, 0.1) is 28.9 Å². The van der Waals surface area contributed by atoms with Gasteiger partial charge in [-0.15, -0.1) is 0 Å². The van der Waals surface area contributed by atoms with Gasteiger partial charge in [-0.3, -0.25) is 4.57 Å². The number of para-hydroxylation sites is 2. The summed E-state index contributed by atoms with van der Waals surface area (Å²) in [6, 6.07) is 46.6. The number of nitrogens with zero attached hydrogens (tertiary/aromatic N) is 5. The average Bonchev–Trinajstić information content (AvgIpc) is 3.76. The molecular formula is C45H29N5. The van der Waals surface area contributed by atoms with Crippen LogP contribution in [0.2, 0.25) is 0 Å². The zero-order chi connectivity index (χ0) is 37.4. The van der Waals surface area contributed by atoms with Gasteiger partial charge in [0, 0.05) is 38.4 Å². The standard InChI is InChI=1S/C45H29N5/c1-4-15-30(16-5-1)33-21-14-22-34(29-33)49-38-25-12-10-23-35(38)36-27-28-40-41(42(36)49)37-24-11-13-26-39(37)50(40)45-47-43(31-17-6-2-7-18-31)46-44(48-45)32-19-8-3-9-20-32/h1-29H/i1D,4D,5D,15D,16D. The molecule has 0 radical (unpaired) electrons. The Morgan fingerprint density at radius 3 is 1.72 bits per heavy atom. The summed E-state index contributed by atoms with van der Waals surface area (Å²) in [6.45, 7) is 0. The first-order valence-corrected chi connectivity index (χ1v) is 16.4. The highest BCUT2D eigenvalue weighted by atomic mass is 15.2. The Balaban J connectivity index is 1.30. The molecule has 3 aromatic heterocycles. The van der Waals surface area contributed by atoms with Gasteiger partial charge < -0.3 is 4.57 Å². The van der Waals surface area contributed by atoms with Gasteiger partial charge in [-0.2, -0.15) is 9.97 Å². The van der Waals surface area contributed by atoms with E-state index in [2.05, 4.69) is 45.5 Å². The largest absolute Gasteiger partial charge is 0.309 e. The van der Waals surface area contributed by atoms with E-state index in [-0.39, 0.29) is 29.7 Å². The number of hydrogen-bond acceptors (Lipinski definition) is 3. The third-order valence-corrected chi connectivity index (χ3v) is 9.25. The number of hydrogen-bond donors (Lipinski definition) is 0. The summed E-state index contributed by atoms with van der Waals surface area (Å²) < 4.78 is 46.5. The van der Waals surface area contributed by atoms with Crippen molar-refractivity contribution in [1.29, 1.82) is 0 Å². The van der Waals surface area contributed by atoms with Gasteiger partial charge in [-0.25, -0.2) is 4.98 Å². The number of aromatic nitrogens is 5. The number of fused-ring (bicyclic) bond motifs is 7. The lowest BCUT2D eigenvalue weighted by Gasteiger charge is -2.12. The fourth-order valence-corrected chi connectivity index (χ4v) is 7.08. The predicted molar refractivity (Wildman–Crippen MR) is 205 cm³/mol. The highest BCUT2D eigenvalue weighted by Gasteiger charge is 2.23. The van der Waals surface area contributed by atoms with Crippen LogP contribution in [0.4, 0.5) is 0 Å². The second-order valence-corrected chi connectivity index (χ2v) is 12.1. The lowest BCUT2D eigenvalue weighted by atomic mass is 10.0. The van der Waals surface area contributed by atoms with E-state index in [9.17, 15) is 0 Å². The second-order valence-electron chi connectivity index (χ2n) is 12.1. The molecule has 5 heteroatoms. The van der Waals surface area contributed by atoms with Crippen molar-refractivity contribution in [2.45, 2.75) is 0 Å².